The zero-order chi connectivity index (χ0) is 14.7. The van der Waals surface area contributed by atoms with Crippen LogP contribution in [0.2, 0.25) is 0 Å². The first-order chi connectivity index (χ1) is 9.60. The number of rotatable bonds is 4. The molecule has 0 bridgehead atoms. The maximum atomic E-state index is 5.87. The van der Waals surface area contributed by atoms with E-state index in [-0.39, 0.29) is 0 Å². The van der Waals surface area contributed by atoms with Crippen molar-refractivity contribution in [2.75, 3.05) is 14.2 Å². The molecule has 0 atom stereocenters. The zero-order valence-corrected chi connectivity index (χ0v) is 12.5. The second kappa shape index (κ2) is 5.97. The van der Waals surface area contributed by atoms with E-state index in [1.54, 1.807) is 14.2 Å². The van der Waals surface area contributed by atoms with E-state index in [9.17, 15) is 0 Å². The largest absolute Gasteiger partial charge is 0.493 e. The highest BCUT2D eigenvalue weighted by atomic mass is 16.5. The summed E-state index contributed by atoms with van der Waals surface area (Å²) in [5, 5.41) is 0. The predicted molar refractivity (Wildman–Crippen MR) is 82.3 cm³/mol. The number of ether oxygens (including phenoxy) is 2. The van der Waals surface area contributed by atoms with Gasteiger partial charge in [0.25, 0.3) is 0 Å². The van der Waals surface area contributed by atoms with Crippen LogP contribution in [0.5, 0.6) is 11.5 Å². The lowest BCUT2D eigenvalue weighted by Crippen LogP contribution is -2.01. The SMILES string of the molecule is COc1cc(CN)c(-c2ccc(C)c(C)c2)cc1OC. The van der Waals surface area contributed by atoms with Crippen LogP contribution >= 0.6 is 0 Å². The molecule has 0 saturated carbocycles. The van der Waals surface area contributed by atoms with Gasteiger partial charge in [0.2, 0.25) is 0 Å². The van der Waals surface area contributed by atoms with Gasteiger partial charge in [-0.3, -0.25) is 0 Å². The molecule has 0 amide bonds. The van der Waals surface area contributed by atoms with Crippen LogP contribution in [0.3, 0.4) is 0 Å². The van der Waals surface area contributed by atoms with Gasteiger partial charge < -0.3 is 15.2 Å². The average molecular weight is 271 g/mol. The summed E-state index contributed by atoms with van der Waals surface area (Å²) in [6, 6.07) is 10.4. The number of benzene rings is 2. The van der Waals surface area contributed by atoms with E-state index in [1.165, 1.54) is 11.1 Å². The Morgan fingerprint density at radius 3 is 2.10 bits per heavy atom. The fourth-order valence-electron chi connectivity index (χ4n) is 2.27. The van der Waals surface area contributed by atoms with Crippen LogP contribution in [-0.4, -0.2) is 14.2 Å². The molecule has 2 aromatic carbocycles. The summed E-state index contributed by atoms with van der Waals surface area (Å²) in [5.41, 5.74) is 11.7. The lowest BCUT2D eigenvalue weighted by molar-refractivity contribution is 0.354. The topological polar surface area (TPSA) is 44.5 Å². The molecule has 20 heavy (non-hydrogen) atoms. The molecule has 0 unspecified atom stereocenters. The third-order valence-corrected chi connectivity index (χ3v) is 3.65. The average Bonchev–Trinajstić information content (AvgIpc) is 2.48. The quantitative estimate of drug-likeness (QED) is 0.926. The Morgan fingerprint density at radius 2 is 1.55 bits per heavy atom. The molecule has 0 heterocycles. The van der Waals surface area contributed by atoms with Crippen molar-refractivity contribution in [3.63, 3.8) is 0 Å². The van der Waals surface area contributed by atoms with Gasteiger partial charge in [-0.1, -0.05) is 18.2 Å². The first-order valence-electron chi connectivity index (χ1n) is 6.63. The smallest absolute Gasteiger partial charge is 0.161 e. The maximum Gasteiger partial charge on any atom is 0.161 e. The van der Waals surface area contributed by atoms with Crippen LogP contribution in [0.1, 0.15) is 16.7 Å². The fourth-order valence-corrected chi connectivity index (χ4v) is 2.27. The van der Waals surface area contributed by atoms with E-state index >= 15 is 0 Å². The van der Waals surface area contributed by atoms with Crippen LogP contribution in [0.25, 0.3) is 11.1 Å². The van der Waals surface area contributed by atoms with E-state index in [4.69, 9.17) is 15.2 Å². The predicted octanol–water partition coefficient (Wildman–Crippen LogP) is 3.45. The van der Waals surface area contributed by atoms with Crippen molar-refractivity contribution < 1.29 is 9.47 Å². The second-order valence-electron chi connectivity index (χ2n) is 4.87. The molecule has 0 aliphatic heterocycles. The van der Waals surface area contributed by atoms with Gasteiger partial charge in [0.1, 0.15) is 0 Å². The number of aryl methyl sites for hydroxylation is 2. The summed E-state index contributed by atoms with van der Waals surface area (Å²) in [4.78, 5) is 0. The van der Waals surface area contributed by atoms with Crippen molar-refractivity contribution in [2.45, 2.75) is 20.4 Å². The molecule has 2 rings (SSSR count). The Kier molecular flexibility index (Phi) is 4.30. The lowest BCUT2D eigenvalue weighted by Gasteiger charge is -2.15. The molecule has 3 nitrogen and oxygen atoms in total. The first kappa shape index (κ1) is 14.4. The van der Waals surface area contributed by atoms with Gasteiger partial charge in [-0.15, -0.1) is 0 Å². The summed E-state index contributed by atoms with van der Waals surface area (Å²) in [7, 11) is 3.28. The minimum Gasteiger partial charge on any atom is -0.493 e. The molecular weight excluding hydrogens is 250 g/mol. The third-order valence-electron chi connectivity index (χ3n) is 3.65. The van der Waals surface area contributed by atoms with Crippen LogP contribution < -0.4 is 15.2 Å². The van der Waals surface area contributed by atoms with Gasteiger partial charge in [-0.05, 0) is 53.8 Å². The molecule has 0 saturated heterocycles. The second-order valence-corrected chi connectivity index (χ2v) is 4.87. The van der Waals surface area contributed by atoms with E-state index < -0.39 is 0 Å². The van der Waals surface area contributed by atoms with Gasteiger partial charge >= 0.3 is 0 Å². The number of hydrogen-bond acceptors (Lipinski definition) is 3. The van der Waals surface area contributed by atoms with Crippen molar-refractivity contribution in [1.29, 1.82) is 0 Å². The van der Waals surface area contributed by atoms with Crippen molar-refractivity contribution in [1.82, 2.24) is 0 Å². The molecule has 2 aromatic rings. The number of methoxy groups -OCH3 is 2. The van der Waals surface area contributed by atoms with Crippen molar-refractivity contribution in [2.24, 2.45) is 5.73 Å². The molecule has 2 N–H and O–H groups in total. The summed E-state index contributed by atoms with van der Waals surface area (Å²) >= 11 is 0. The Labute approximate surface area is 120 Å². The van der Waals surface area contributed by atoms with E-state index in [0.29, 0.717) is 12.3 Å². The Bertz CT molecular complexity index is 621. The normalized spacial score (nSPS) is 10.4. The molecule has 0 aromatic heterocycles. The van der Waals surface area contributed by atoms with Crippen molar-refractivity contribution in [3.8, 4) is 22.6 Å². The van der Waals surface area contributed by atoms with Crippen LogP contribution in [0.15, 0.2) is 30.3 Å². The van der Waals surface area contributed by atoms with Gasteiger partial charge in [0.15, 0.2) is 11.5 Å². The highest BCUT2D eigenvalue weighted by molar-refractivity contribution is 5.72. The minimum atomic E-state index is 0.461. The molecule has 3 heteroatoms. The summed E-state index contributed by atoms with van der Waals surface area (Å²) in [6.07, 6.45) is 0. The Morgan fingerprint density at radius 1 is 0.900 bits per heavy atom. The van der Waals surface area contributed by atoms with Crippen molar-refractivity contribution >= 4 is 0 Å². The molecule has 0 radical (unpaired) electrons. The zero-order valence-electron chi connectivity index (χ0n) is 12.5. The Hall–Kier alpha value is -2.00. The van der Waals surface area contributed by atoms with Gasteiger partial charge in [0, 0.05) is 6.54 Å². The van der Waals surface area contributed by atoms with Gasteiger partial charge in [-0.2, -0.15) is 0 Å². The molecule has 0 fully saturated rings. The molecular formula is C17H21NO2. The first-order valence-corrected chi connectivity index (χ1v) is 6.63. The minimum absolute atomic E-state index is 0.461. The highest BCUT2D eigenvalue weighted by Crippen LogP contribution is 2.36. The molecule has 106 valence electrons. The van der Waals surface area contributed by atoms with Crippen molar-refractivity contribution in [3.05, 3.63) is 47.0 Å². The lowest BCUT2D eigenvalue weighted by atomic mass is 9.96. The maximum absolute atomic E-state index is 5.87. The summed E-state index contributed by atoms with van der Waals surface area (Å²) in [5.74, 6) is 1.43. The van der Waals surface area contributed by atoms with Gasteiger partial charge in [-0.25, -0.2) is 0 Å². The number of nitrogens with two attached hydrogens (primary N) is 1. The van der Waals surface area contributed by atoms with E-state index in [1.807, 2.05) is 12.1 Å². The van der Waals surface area contributed by atoms with E-state index in [0.717, 1.165) is 22.4 Å². The monoisotopic (exact) mass is 271 g/mol. The molecule has 0 aliphatic rings. The van der Waals surface area contributed by atoms with E-state index in [2.05, 4.69) is 32.0 Å². The van der Waals surface area contributed by atoms with Crippen LogP contribution in [0.4, 0.5) is 0 Å². The summed E-state index contributed by atoms with van der Waals surface area (Å²) in [6.45, 7) is 4.68. The number of hydrogen-bond donors (Lipinski definition) is 1. The van der Waals surface area contributed by atoms with Gasteiger partial charge in [0.05, 0.1) is 14.2 Å². The fraction of sp³-hybridized carbons (Fsp3) is 0.294. The highest BCUT2D eigenvalue weighted by Gasteiger charge is 2.12. The summed E-state index contributed by atoms with van der Waals surface area (Å²) < 4.78 is 10.7. The third kappa shape index (κ3) is 2.63. The van der Waals surface area contributed by atoms with Crippen LogP contribution in [-0.2, 0) is 6.54 Å². The standard InChI is InChI=1S/C17H21NO2/c1-11-5-6-13(7-12(11)2)15-9-17(20-4)16(19-3)8-14(15)10-18/h5-9H,10,18H2,1-4H3. The molecule has 0 spiro atoms. The molecule has 0 aliphatic carbocycles. The van der Waals surface area contributed by atoms with Crippen LogP contribution in [0, 0.1) is 13.8 Å². The Balaban J connectivity index is 2.62.